The molecule has 0 aliphatic carbocycles. The van der Waals surface area contributed by atoms with E-state index in [0.717, 1.165) is 34.8 Å². The number of fused-ring (bicyclic) bond motifs is 1. The van der Waals surface area contributed by atoms with Gasteiger partial charge in [0.1, 0.15) is 5.82 Å². The summed E-state index contributed by atoms with van der Waals surface area (Å²) in [6, 6.07) is 8.75. The molecule has 0 bridgehead atoms. The van der Waals surface area contributed by atoms with Gasteiger partial charge in [0.2, 0.25) is 5.95 Å². The van der Waals surface area contributed by atoms with Crippen LogP contribution in [-0.2, 0) is 0 Å². The number of benzene rings is 1. The summed E-state index contributed by atoms with van der Waals surface area (Å²) >= 11 is 2.02. The molecule has 1 atom stereocenters. The van der Waals surface area contributed by atoms with Crippen molar-refractivity contribution < 1.29 is 0 Å². The average Bonchev–Trinajstić information content (AvgIpc) is 2.46. The van der Waals surface area contributed by atoms with Crippen molar-refractivity contribution in [3.63, 3.8) is 0 Å². The second-order valence-corrected chi connectivity index (χ2v) is 5.91. The van der Waals surface area contributed by atoms with Crippen LogP contribution in [0.2, 0.25) is 0 Å². The molecular formula is C14H18N4S. The molecule has 1 aliphatic rings. The summed E-state index contributed by atoms with van der Waals surface area (Å²) in [7, 11) is 1.86. The molecule has 100 valence electrons. The van der Waals surface area contributed by atoms with Crippen LogP contribution < -0.4 is 10.2 Å². The Morgan fingerprint density at radius 2 is 2.16 bits per heavy atom. The second-order valence-electron chi connectivity index (χ2n) is 4.76. The Kier molecular flexibility index (Phi) is 3.46. The van der Waals surface area contributed by atoms with Gasteiger partial charge < -0.3 is 10.2 Å². The normalized spacial score (nSPS) is 19.7. The minimum Gasteiger partial charge on any atom is -0.357 e. The van der Waals surface area contributed by atoms with Crippen molar-refractivity contribution >= 4 is 34.4 Å². The van der Waals surface area contributed by atoms with E-state index in [0.29, 0.717) is 12.0 Å². The molecule has 2 aromatic rings. The highest BCUT2D eigenvalue weighted by Gasteiger charge is 2.22. The first kappa shape index (κ1) is 12.5. The largest absolute Gasteiger partial charge is 0.357 e. The summed E-state index contributed by atoms with van der Waals surface area (Å²) in [5.41, 5.74) is 1.00. The second kappa shape index (κ2) is 5.25. The SMILES string of the molecule is CNc1nc(N2CCSCC2C)c2ccccc2n1. The van der Waals surface area contributed by atoms with E-state index in [9.17, 15) is 0 Å². The third-order valence-electron chi connectivity index (χ3n) is 3.45. The molecule has 19 heavy (non-hydrogen) atoms. The summed E-state index contributed by atoms with van der Waals surface area (Å²) in [6.07, 6.45) is 0. The number of para-hydroxylation sites is 1. The highest BCUT2D eigenvalue weighted by molar-refractivity contribution is 7.99. The van der Waals surface area contributed by atoms with Crippen LogP contribution in [0.25, 0.3) is 10.9 Å². The third kappa shape index (κ3) is 2.34. The number of anilines is 2. The molecular weight excluding hydrogens is 256 g/mol. The lowest BCUT2D eigenvalue weighted by Gasteiger charge is -2.34. The van der Waals surface area contributed by atoms with Gasteiger partial charge in [-0.3, -0.25) is 0 Å². The number of nitrogens with one attached hydrogen (secondary N) is 1. The Balaban J connectivity index is 2.14. The van der Waals surface area contributed by atoms with E-state index in [2.05, 4.69) is 39.2 Å². The van der Waals surface area contributed by atoms with Gasteiger partial charge in [0, 0.05) is 36.5 Å². The van der Waals surface area contributed by atoms with Crippen molar-refractivity contribution in [2.45, 2.75) is 13.0 Å². The van der Waals surface area contributed by atoms with Crippen molar-refractivity contribution in [1.82, 2.24) is 9.97 Å². The van der Waals surface area contributed by atoms with Crippen molar-refractivity contribution in [2.75, 3.05) is 35.3 Å². The molecule has 1 aromatic carbocycles. The van der Waals surface area contributed by atoms with E-state index in [-0.39, 0.29) is 0 Å². The maximum Gasteiger partial charge on any atom is 0.224 e. The summed E-state index contributed by atoms with van der Waals surface area (Å²) < 4.78 is 0. The van der Waals surface area contributed by atoms with Crippen LogP contribution in [0.15, 0.2) is 24.3 Å². The fraction of sp³-hybridized carbons (Fsp3) is 0.429. The lowest BCUT2D eigenvalue weighted by Crippen LogP contribution is -2.41. The van der Waals surface area contributed by atoms with Crippen LogP contribution in [-0.4, -0.2) is 41.1 Å². The average molecular weight is 274 g/mol. The molecule has 2 heterocycles. The maximum absolute atomic E-state index is 4.69. The van der Waals surface area contributed by atoms with Gasteiger partial charge in [-0.05, 0) is 19.1 Å². The first-order chi connectivity index (χ1) is 9.29. The van der Waals surface area contributed by atoms with Gasteiger partial charge >= 0.3 is 0 Å². The minimum atomic E-state index is 0.516. The number of rotatable bonds is 2. The van der Waals surface area contributed by atoms with Gasteiger partial charge in [0.15, 0.2) is 0 Å². The highest BCUT2D eigenvalue weighted by Crippen LogP contribution is 2.29. The zero-order valence-electron chi connectivity index (χ0n) is 11.3. The van der Waals surface area contributed by atoms with E-state index < -0.39 is 0 Å². The highest BCUT2D eigenvalue weighted by atomic mass is 32.2. The molecule has 5 heteroatoms. The lowest BCUT2D eigenvalue weighted by molar-refractivity contribution is 0.692. The van der Waals surface area contributed by atoms with Gasteiger partial charge in [0.25, 0.3) is 0 Å². The Bertz CT molecular complexity index is 587. The molecule has 1 aliphatic heterocycles. The predicted molar refractivity (Wildman–Crippen MR) is 83.2 cm³/mol. The monoisotopic (exact) mass is 274 g/mol. The predicted octanol–water partition coefficient (Wildman–Crippen LogP) is 2.61. The summed E-state index contributed by atoms with van der Waals surface area (Å²) in [6.45, 7) is 3.32. The first-order valence-electron chi connectivity index (χ1n) is 6.58. The Labute approximate surface area is 117 Å². The van der Waals surface area contributed by atoms with Gasteiger partial charge in [-0.1, -0.05) is 12.1 Å². The molecule has 0 spiro atoms. The van der Waals surface area contributed by atoms with Gasteiger partial charge in [-0.2, -0.15) is 16.7 Å². The van der Waals surface area contributed by atoms with Crippen molar-refractivity contribution in [2.24, 2.45) is 0 Å². The van der Waals surface area contributed by atoms with Crippen LogP contribution in [0.4, 0.5) is 11.8 Å². The molecule has 1 unspecified atom stereocenters. The summed E-state index contributed by atoms with van der Waals surface area (Å²) in [5, 5.41) is 4.20. The smallest absolute Gasteiger partial charge is 0.224 e. The number of aromatic nitrogens is 2. The minimum absolute atomic E-state index is 0.516. The lowest BCUT2D eigenvalue weighted by atomic mass is 10.2. The van der Waals surface area contributed by atoms with Gasteiger partial charge in [-0.15, -0.1) is 0 Å². The number of nitrogens with zero attached hydrogens (tertiary/aromatic N) is 3. The Morgan fingerprint density at radius 3 is 2.95 bits per heavy atom. The molecule has 3 rings (SSSR count). The molecule has 1 aromatic heterocycles. The van der Waals surface area contributed by atoms with E-state index in [1.54, 1.807) is 0 Å². The van der Waals surface area contributed by atoms with Gasteiger partial charge in [-0.25, -0.2) is 4.98 Å². The molecule has 1 N–H and O–H groups in total. The summed E-state index contributed by atoms with van der Waals surface area (Å²) in [5.74, 6) is 4.08. The van der Waals surface area contributed by atoms with Crippen molar-refractivity contribution in [1.29, 1.82) is 0 Å². The fourth-order valence-corrected chi connectivity index (χ4v) is 3.45. The molecule has 0 radical (unpaired) electrons. The topological polar surface area (TPSA) is 41.1 Å². The van der Waals surface area contributed by atoms with E-state index in [4.69, 9.17) is 0 Å². The third-order valence-corrected chi connectivity index (χ3v) is 4.64. The van der Waals surface area contributed by atoms with Crippen LogP contribution in [0.1, 0.15) is 6.92 Å². The molecule has 1 saturated heterocycles. The van der Waals surface area contributed by atoms with Crippen LogP contribution in [0.5, 0.6) is 0 Å². The Hall–Kier alpha value is -1.49. The van der Waals surface area contributed by atoms with Crippen LogP contribution >= 0.6 is 11.8 Å². The van der Waals surface area contributed by atoms with Crippen LogP contribution in [0, 0.1) is 0 Å². The van der Waals surface area contributed by atoms with E-state index in [1.165, 1.54) is 0 Å². The fourth-order valence-electron chi connectivity index (χ4n) is 2.43. The molecule has 0 saturated carbocycles. The zero-order valence-corrected chi connectivity index (χ0v) is 12.1. The molecule has 4 nitrogen and oxygen atoms in total. The van der Waals surface area contributed by atoms with Crippen LogP contribution in [0.3, 0.4) is 0 Å². The van der Waals surface area contributed by atoms with Gasteiger partial charge in [0.05, 0.1) is 5.52 Å². The van der Waals surface area contributed by atoms with Crippen molar-refractivity contribution in [3.8, 4) is 0 Å². The number of hydrogen-bond acceptors (Lipinski definition) is 5. The maximum atomic E-state index is 4.69. The van der Waals surface area contributed by atoms with E-state index >= 15 is 0 Å². The quantitative estimate of drug-likeness (QED) is 0.911. The standard InChI is InChI=1S/C14H18N4S/c1-10-9-19-8-7-18(10)13-11-5-3-4-6-12(11)16-14(15-2)17-13/h3-6,10H,7-9H2,1-2H3,(H,15,16,17). The number of thioether (sulfide) groups is 1. The Morgan fingerprint density at radius 1 is 1.32 bits per heavy atom. The first-order valence-corrected chi connectivity index (χ1v) is 7.74. The zero-order chi connectivity index (χ0) is 13.2. The summed E-state index contributed by atoms with van der Waals surface area (Å²) in [4.78, 5) is 11.6. The van der Waals surface area contributed by atoms with E-state index in [1.807, 2.05) is 30.9 Å². The number of hydrogen-bond donors (Lipinski definition) is 1. The molecule has 1 fully saturated rings. The van der Waals surface area contributed by atoms with Crippen molar-refractivity contribution in [3.05, 3.63) is 24.3 Å². The molecule has 0 amide bonds.